The van der Waals surface area contributed by atoms with Gasteiger partial charge in [-0.15, -0.1) is 12.4 Å². The van der Waals surface area contributed by atoms with Crippen molar-refractivity contribution < 1.29 is 14.3 Å². The van der Waals surface area contributed by atoms with E-state index in [1.165, 1.54) is 0 Å². The molecule has 0 saturated carbocycles. The van der Waals surface area contributed by atoms with E-state index in [2.05, 4.69) is 5.32 Å². The number of hydrogen-bond donors (Lipinski definition) is 1. The largest absolute Gasteiger partial charge is 0.490 e. The van der Waals surface area contributed by atoms with E-state index in [9.17, 15) is 4.79 Å². The minimum absolute atomic E-state index is 0. The number of fused-ring (bicyclic) bond motifs is 1. The zero-order valence-corrected chi connectivity index (χ0v) is 15.1. The van der Waals surface area contributed by atoms with Gasteiger partial charge in [0.25, 0.3) is 0 Å². The fourth-order valence-electron chi connectivity index (χ4n) is 3.21. The number of rotatable bonds is 4. The second kappa shape index (κ2) is 9.14. The van der Waals surface area contributed by atoms with Crippen LogP contribution >= 0.6 is 12.4 Å². The number of nitrogens with zero attached hydrogens (tertiary/aromatic N) is 1. The number of likely N-dealkylation sites (tertiary alicyclic amines) is 1. The lowest BCUT2D eigenvalue weighted by Gasteiger charge is -2.32. The number of carbonyl (C=O) groups is 1. The predicted molar refractivity (Wildman–Crippen MR) is 96.3 cm³/mol. The summed E-state index contributed by atoms with van der Waals surface area (Å²) in [7, 11) is 1.97. The second-order valence-corrected chi connectivity index (χ2v) is 6.30. The molecule has 6 heteroatoms. The lowest BCUT2D eigenvalue weighted by Crippen LogP contribution is -2.47. The number of hydrogen-bond acceptors (Lipinski definition) is 4. The van der Waals surface area contributed by atoms with Gasteiger partial charge in [0.1, 0.15) is 0 Å². The van der Waals surface area contributed by atoms with E-state index in [0.717, 1.165) is 55.8 Å². The Hall–Kier alpha value is -1.46. The first-order valence-electron chi connectivity index (χ1n) is 8.60. The normalized spacial score (nSPS) is 20.0. The fraction of sp³-hybridized carbons (Fsp3) is 0.611. The number of aryl methyl sites for hydroxylation is 1. The molecule has 1 aromatic carbocycles. The Labute approximate surface area is 150 Å². The molecule has 0 aromatic heterocycles. The highest BCUT2D eigenvalue weighted by atomic mass is 35.5. The fourth-order valence-corrected chi connectivity index (χ4v) is 3.21. The smallest absolute Gasteiger partial charge is 0.222 e. The van der Waals surface area contributed by atoms with Gasteiger partial charge in [-0.3, -0.25) is 4.79 Å². The predicted octanol–water partition coefficient (Wildman–Crippen LogP) is 2.41. The molecule has 2 aliphatic rings. The third-order valence-electron chi connectivity index (χ3n) is 4.62. The highest BCUT2D eigenvalue weighted by Crippen LogP contribution is 2.30. The highest BCUT2D eigenvalue weighted by molar-refractivity contribution is 5.85. The summed E-state index contributed by atoms with van der Waals surface area (Å²) >= 11 is 0. The quantitative estimate of drug-likeness (QED) is 0.902. The number of carbonyl (C=O) groups excluding carboxylic acids is 1. The van der Waals surface area contributed by atoms with E-state index in [1.54, 1.807) is 0 Å². The van der Waals surface area contributed by atoms with E-state index in [0.29, 0.717) is 25.7 Å². The molecule has 5 nitrogen and oxygen atoms in total. The van der Waals surface area contributed by atoms with Gasteiger partial charge in [-0.1, -0.05) is 6.07 Å². The van der Waals surface area contributed by atoms with Crippen molar-refractivity contribution in [1.29, 1.82) is 0 Å². The van der Waals surface area contributed by atoms with Crippen molar-refractivity contribution in [3.63, 3.8) is 0 Å². The molecule has 1 fully saturated rings. The molecule has 0 aliphatic carbocycles. The topological polar surface area (TPSA) is 50.8 Å². The van der Waals surface area contributed by atoms with Gasteiger partial charge in [0.15, 0.2) is 11.5 Å². The number of likely N-dealkylation sites (N-methyl/N-ethyl adjacent to an activating group) is 1. The number of nitrogens with one attached hydrogen (secondary N) is 1. The standard InChI is InChI=1S/C18H26N2O3.ClH/c1-19-15-4-2-9-20(13-15)18(21)8-6-14-5-7-16-17(12-14)23-11-3-10-22-16;/h5,7,12,15,19H,2-4,6,8-11,13H2,1H3;1H. The van der Waals surface area contributed by atoms with Gasteiger partial charge < -0.3 is 19.7 Å². The first-order valence-corrected chi connectivity index (χ1v) is 8.60. The van der Waals surface area contributed by atoms with Gasteiger partial charge in [-0.05, 0) is 44.0 Å². The number of amides is 1. The van der Waals surface area contributed by atoms with Crippen molar-refractivity contribution >= 4 is 18.3 Å². The summed E-state index contributed by atoms with van der Waals surface area (Å²) in [5.41, 5.74) is 1.13. The zero-order valence-electron chi connectivity index (χ0n) is 14.3. The molecular weight excluding hydrogens is 328 g/mol. The Bertz CT molecular complexity index is 553. The van der Waals surface area contributed by atoms with Crippen LogP contribution < -0.4 is 14.8 Å². The summed E-state index contributed by atoms with van der Waals surface area (Å²) in [6.07, 6.45) is 4.44. The molecule has 134 valence electrons. The van der Waals surface area contributed by atoms with Crippen LogP contribution in [-0.2, 0) is 11.2 Å². The summed E-state index contributed by atoms with van der Waals surface area (Å²) in [6.45, 7) is 3.11. The lowest BCUT2D eigenvalue weighted by molar-refractivity contribution is -0.132. The first kappa shape index (κ1) is 18.9. The Morgan fingerprint density at radius 3 is 2.83 bits per heavy atom. The number of benzene rings is 1. The molecule has 1 aromatic rings. The van der Waals surface area contributed by atoms with Gasteiger partial charge in [-0.2, -0.15) is 0 Å². The monoisotopic (exact) mass is 354 g/mol. The molecule has 0 radical (unpaired) electrons. The molecule has 1 N–H and O–H groups in total. The average Bonchev–Trinajstić information content (AvgIpc) is 2.84. The molecule has 24 heavy (non-hydrogen) atoms. The van der Waals surface area contributed by atoms with Gasteiger partial charge in [0.05, 0.1) is 13.2 Å². The molecule has 1 unspecified atom stereocenters. The van der Waals surface area contributed by atoms with Crippen LogP contribution in [0.3, 0.4) is 0 Å². The van der Waals surface area contributed by atoms with Gasteiger partial charge >= 0.3 is 0 Å². The van der Waals surface area contributed by atoms with Gasteiger partial charge in [-0.25, -0.2) is 0 Å². The van der Waals surface area contributed by atoms with Crippen molar-refractivity contribution in [2.75, 3.05) is 33.4 Å². The summed E-state index contributed by atoms with van der Waals surface area (Å²) < 4.78 is 11.4. The maximum atomic E-state index is 12.4. The van der Waals surface area contributed by atoms with Crippen LogP contribution in [0.1, 0.15) is 31.2 Å². The van der Waals surface area contributed by atoms with Crippen LogP contribution in [0, 0.1) is 0 Å². The SMILES string of the molecule is CNC1CCCN(C(=O)CCc2ccc3c(c2)OCCCO3)C1.Cl. The summed E-state index contributed by atoms with van der Waals surface area (Å²) in [4.78, 5) is 14.4. The van der Waals surface area contributed by atoms with Crippen LogP contribution in [0.25, 0.3) is 0 Å². The average molecular weight is 355 g/mol. The molecule has 3 rings (SSSR count). The number of halogens is 1. The minimum Gasteiger partial charge on any atom is -0.490 e. The van der Waals surface area contributed by atoms with Crippen LogP contribution in [0.2, 0.25) is 0 Å². The first-order chi connectivity index (χ1) is 11.3. The lowest BCUT2D eigenvalue weighted by atomic mass is 10.0. The van der Waals surface area contributed by atoms with Crippen molar-refractivity contribution in [3.8, 4) is 11.5 Å². The van der Waals surface area contributed by atoms with E-state index in [4.69, 9.17) is 9.47 Å². The maximum Gasteiger partial charge on any atom is 0.222 e. The molecular formula is C18H27ClN2O3. The van der Waals surface area contributed by atoms with Crippen molar-refractivity contribution in [3.05, 3.63) is 23.8 Å². The number of piperidine rings is 1. The Morgan fingerprint density at radius 2 is 2.04 bits per heavy atom. The van der Waals surface area contributed by atoms with Crippen LogP contribution in [-0.4, -0.2) is 50.2 Å². The minimum atomic E-state index is 0. The van der Waals surface area contributed by atoms with Crippen LogP contribution in [0.5, 0.6) is 11.5 Å². The second-order valence-electron chi connectivity index (χ2n) is 6.30. The molecule has 0 spiro atoms. The number of ether oxygens (including phenoxy) is 2. The Morgan fingerprint density at radius 1 is 1.25 bits per heavy atom. The van der Waals surface area contributed by atoms with Crippen molar-refractivity contribution in [2.24, 2.45) is 0 Å². The summed E-state index contributed by atoms with van der Waals surface area (Å²) in [5, 5.41) is 3.28. The summed E-state index contributed by atoms with van der Waals surface area (Å²) in [5.74, 6) is 1.86. The van der Waals surface area contributed by atoms with E-state index < -0.39 is 0 Å². The Kier molecular flexibility index (Phi) is 7.18. The zero-order chi connectivity index (χ0) is 16.1. The van der Waals surface area contributed by atoms with Crippen LogP contribution in [0.15, 0.2) is 18.2 Å². The molecule has 2 aliphatic heterocycles. The van der Waals surface area contributed by atoms with Crippen LogP contribution in [0.4, 0.5) is 0 Å². The third-order valence-corrected chi connectivity index (χ3v) is 4.62. The van der Waals surface area contributed by atoms with E-state index in [1.807, 2.05) is 30.1 Å². The third kappa shape index (κ3) is 4.77. The molecule has 1 amide bonds. The van der Waals surface area contributed by atoms with Crippen molar-refractivity contribution in [1.82, 2.24) is 10.2 Å². The van der Waals surface area contributed by atoms with E-state index >= 15 is 0 Å². The van der Waals surface area contributed by atoms with Gasteiger partial charge in [0, 0.05) is 32.0 Å². The maximum absolute atomic E-state index is 12.4. The molecule has 1 atom stereocenters. The van der Waals surface area contributed by atoms with Crippen molar-refractivity contribution in [2.45, 2.75) is 38.1 Å². The summed E-state index contributed by atoms with van der Waals surface area (Å²) in [6, 6.07) is 6.44. The highest BCUT2D eigenvalue weighted by Gasteiger charge is 2.22. The van der Waals surface area contributed by atoms with E-state index in [-0.39, 0.29) is 18.3 Å². The molecule has 1 saturated heterocycles. The Balaban J connectivity index is 0.00000208. The van der Waals surface area contributed by atoms with Gasteiger partial charge in [0.2, 0.25) is 5.91 Å². The molecule has 0 bridgehead atoms. The molecule has 2 heterocycles.